The molecule has 0 N–H and O–H groups in total. The second-order valence-electron chi connectivity index (χ2n) is 2.73. The quantitative estimate of drug-likeness (QED) is 0.725. The highest BCUT2D eigenvalue weighted by Gasteiger charge is 2.66. The minimum atomic E-state index is -8.74. The van der Waals surface area contributed by atoms with Crippen LogP contribution < -0.4 is 0 Å². The van der Waals surface area contributed by atoms with Crippen LogP contribution >= 0.6 is 0 Å². The molecule has 16 heavy (non-hydrogen) atoms. The van der Waals surface area contributed by atoms with Crippen LogP contribution in [0.25, 0.3) is 0 Å². The Labute approximate surface area is 82.5 Å². The van der Waals surface area contributed by atoms with Crippen molar-refractivity contribution >= 4 is 9.63 Å². The first-order valence-electron chi connectivity index (χ1n) is 3.11. The van der Waals surface area contributed by atoms with Gasteiger partial charge in [-0.15, -0.1) is 9.63 Å². The molecule has 12 heteroatoms. The smallest absolute Gasteiger partial charge is 0.462 e. The maximum Gasteiger partial charge on any atom is 0.462 e. The van der Waals surface area contributed by atoms with E-state index in [2.05, 4.69) is 0 Å². The first kappa shape index (κ1) is 15.5. The molecule has 100 valence electrons. The van der Waals surface area contributed by atoms with E-state index < -0.39 is 33.0 Å². The van der Waals surface area contributed by atoms with E-state index in [1.807, 2.05) is 0 Å². The van der Waals surface area contributed by atoms with E-state index in [4.69, 9.17) is 0 Å². The lowest BCUT2D eigenvalue weighted by Gasteiger charge is -2.59. The summed E-state index contributed by atoms with van der Waals surface area (Å²) in [5.41, 5.74) is 0. The lowest BCUT2D eigenvalue weighted by Crippen LogP contribution is -2.62. The summed E-state index contributed by atoms with van der Waals surface area (Å²) in [6.45, 7) is 0. The second kappa shape index (κ2) is 3.26. The fourth-order valence-corrected chi connectivity index (χ4v) is 1.79. The third kappa shape index (κ3) is 2.79. The van der Waals surface area contributed by atoms with Crippen LogP contribution in [0.2, 0.25) is 0 Å². The molecule has 0 saturated heterocycles. The second-order valence-corrected chi connectivity index (χ2v) is 5.43. The molecule has 0 fully saturated rings. The number of alkyl halides is 8. The molecule has 0 aliphatic heterocycles. The molecule has 0 radical (unpaired) electrons. The first-order valence-corrected chi connectivity index (χ1v) is 5.09. The van der Waals surface area contributed by atoms with Crippen LogP contribution in [0.1, 0.15) is 0 Å². The topological polar surface area (TPSA) is 63.2 Å². The van der Waals surface area contributed by atoms with Crippen LogP contribution in [0.4, 0.5) is 35.1 Å². The van der Waals surface area contributed by atoms with Gasteiger partial charge in [0, 0.05) is 0 Å². The molecular weight excluding hydrogens is 280 g/mol. The maximum absolute atomic E-state index is 12.1. The van der Waals surface area contributed by atoms with Gasteiger partial charge in [0.15, 0.2) is 0 Å². The third-order valence-corrected chi connectivity index (χ3v) is 3.29. The van der Waals surface area contributed by atoms with Crippen LogP contribution in [0, 0.1) is 0 Å². The van der Waals surface area contributed by atoms with Gasteiger partial charge in [-0.2, -0.15) is 35.1 Å². The number of hydrogen-bond donors (Lipinski definition) is 0. The van der Waals surface area contributed by atoms with E-state index in [1.165, 1.54) is 0 Å². The molecule has 0 amide bonds. The van der Waals surface area contributed by atoms with Crippen molar-refractivity contribution in [3.05, 3.63) is 0 Å². The number of hydrogen-bond acceptors (Lipinski definition) is 3. The summed E-state index contributed by atoms with van der Waals surface area (Å²) in [4.78, 5) is 0. The third-order valence-electron chi connectivity index (χ3n) is 1.24. The summed E-state index contributed by atoms with van der Waals surface area (Å²) in [6, 6.07) is 0. The Morgan fingerprint density at radius 2 is 1.19 bits per heavy atom. The fraction of sp³-hybridized carbons (Fsp3) is 1.00. The van der Waals surface area contributed by atoms with Gasteiger partial charge in [-0.25, -0.2) is 0 Å². The summed E-state index contributed by atoms with van der Waals surface area (Å²) < 4.78 is 123. The lowest BCUT2D eigenvalue weighted by molar-refractivity contribution is -0.249. The number of halogens is 8. The Morgan fingerprint density at radius 3 is 1.38 bits per heavy atom. The zero-order valence-corrected chi connectivity index (χ0v) is 7.68. The zero-order valence-electron chi connectivity index (χ0n) is 6.86. The van der Waals surface area contributed by atoms with Crippen molar-refractivity contribution in [2.75, 3.05) is 5.75 Å². The molecular formula is C4H2F8O3S-2. The number of sulfone groups is 3. The Hall–Kier alpha value is -0.490. The monoisotopic (exact) mass is 282 g/mol. The van der Waals surface area contributed by atoms with Crippen molar-refractivity contribution in [2.24, 2.45) is 0 Å². The maximum atomic E-state index is 12.1. The van der Waals surface area contributed by atoms with E-state index in [0.717, 1.165) is 0 Å². The average molecular weight is 282 g/mol. The van der Waals surface area contributed by atoms with E-state index in [1.54, 1.807) is 0 Å². The van der Waals surface area contributed by atoms with E-state index >= 15 is 0 Å². The van der Waals surface area contributed by atoms with Crippen molar-refractivity contribution in [1.29, 1.82) is 0 Å². The van der Waals surface area contributed by atoms with Crippen molar-refractivity contribution < 1.29 is 48.4 Å². The van der Waals surface area contributed by atoms with Crippen LogP contribution in [0.15, 0.2) is 0 Å². The van der Waals surface area contributed by atoms with Crippen LogP contribution in [-0.4, -0.2) is 36.7 Å². The molecule has 0 unspecified atom stereocenters. The Bertz CT molecular complexity index is 334. The number of rotatable bonds is 2. The molecule has 0 aliphatic carbocycles. The van der Waals surface area contributed by atoms with Crippen molar-refractivity contribution in [2.45, 2.75) is 17.6 Å². The predicted octanol–water partition coefficient (Wildman–Crippen LogP) is 1.78. The Balaban J connectivity index is 5.58. The van der Waals surface area contributed by atoms with Crippen LogP contribution in [-0.2, 0) is 9.63 Å². The molecule has 0 aromatic rings. The molecule has 0 aromatic heterocycles. The fourth-order valence-electron chi connectivity index (χ4n) is 0.596. The van der Waals surface area contributed by atoms with Crippen molar-refractivity contribution in [3.63, 3.8) is 0 Å². The van der Waals surface area contributed by atoms with Gasteiger partial charge in [0.05, 0.1) is 5.75 Å². The molecule has 0 atom stereocenters. The Morgan fingerprint density at radius 1 is 0.875 bits per heavy atom. The molecule has 0 bridgehead atoms. The van der Waals surface area contributed by atoms with Gasteiger partial charge in [0.1, 0.15) is 0 Å². The molecule has 0 aliphatic rings. The molecule has 0 saturated carbocycles. The van der Waals surface area contributed by atoms with Gasteiger partial charge in [-0.05, 0) is 0 Å². The summed E-state index contributed by atoms with van der Waals surface area (Å²) in [7, 11) is -8.74. The lowest BCUT2D eigenvalue weighted by atomic mass is 10.7. The van der Waals surface area contributed by atoms with Gasteiger partial charge in [0.25, 0.3) is 0 Å². The van der Waals surface area contributed by atoms with E-state index in [-0.39, 0.29) is 0 Å². The summed E-state index contributed by atoms with van der Waals surface area (Å²) in [5.74, 6) is -3.79. The average Bonchev–Trinajstić information content (AvgIpc) is 1.74. The van der Waals surface area contributed by atoms with E-state index in [9.17, 15) is 48.4 Å². The SMILES string of the molecule is O=S([O-])([O-])(CC(F)(F)F)C(F)(F)C(F)(F)F. The standard InChI is InChI=1S/C4H4F8O3S/c5-2(6,7)1-16(13,14,15)4(11,12)3(8,9)10/h1H2,(H2,13,14,15)/p-2. The van der Waals surface area contributed by atoms with E-state index in [0.29, 0.717) is 0 Å². The minimum absolute atomic E-state index is 3.79. The van der Waals surface area contributed by atoms with Gasteiger partial charge in [-0.1, -0.05) is 0 Å². The summed E-state index contributed by atoms with van der Waals surface area (Å²) in [5, 5.41) is -7.00. The van der Waals surface area contributed by atoms with Gasteiger partial charge < -0.3 is 13.3 Å². The first-order chi connectivity index (χ1) is 6.49. The highest BCUT2D eigenvalue weighted by atomic mass is 32.3. The molecule has 0 spiro atoms. The minimum Gasteiger partial charge on any atom is -0.794 e. The van der Waals surface area contributed by atoms with Crippen LogP contribution in [0.5, 0.6) is 0 Å². The zero-order chi connectivity index (χ0) is 13.7. The van der Waals surface area contributed by atoms with Gasteiger partial charge >= 0.3 is 17.6 Å². The molecule has 0 rings (SSSR count). The highest BCUT2D eigenvalue weighted by Crippen LogP contribution is 2.50. The van der Waals surface area contributed by atoms with Crippen molar-refractivity contribution in [1.82, 2.24) is 0 Å². The molecule has 3 nitrogen and oxygen atoms in total. The Kier molecular flexibility index (Phi) is 3.16. The summed E-state index contributed by atoms with van der Waals surface area (Å²) in [6.07, 6.45) is -12.9. The molecule has 0 heterocycles. The van der Waals surface area contributed by atoms with Crippen LogP contribution in [0.3, 0.4) is 0 Å². The van der Waals surface area contributed by atoms with Gasteiger partial charge in [-0.3, -0.25) is 0 Å². The normalized spacial score (nSPS) is 18.0. The highest BCUT2D eigenvalue weighted by molar-refractivity contribution is 8.11. The molecule has 0 aromatic carbocycles. The predicted molar refractivity (Wildman–Crippen MR) is 31.6 cm³/mol. The van der Waals surface area contributed by atoms with Crippen molar-refractivity contribution in [3.8, 4) is 0 Å². The largest absolute Gasteiger partial charge is 0.794 e. The summed E-state index contributed by atoms with van der Waals surface area (Å²) >= 11 is 0. The van der Waals surface area contributed by atoms with Gasteiger partial charge in [0.2, 0.25) is 0 Å².